The van der Waals surface area contributed by atoms with E-state index in [0.717, 1.165) is 16.6 Å². The van der Waals surface area contributed by atoms with Crippen LogP contribution in [0.3, 0.4) is 0 Å². The fraction of sp³-hybridized carbons (Fsp3) is 0.368. The number of aryl methyl sites for hydroxylation is 2. The van der Waals surface area contributed by atoms with Gasteiger partial charge in [-0.1, -0.05) is 6.07 Å². The van der Waals surface area contributed by atoms with E-state index in [-0.39, 0.29) is 17.7 Å². The maximum Gasteiger partial charge on any atom is 0.420 e. The van der Waals surface area contributed by atoms with E-state index in [1.165, 1.54) is 6.26 Å². The summed E-state index contributed by atoms with van der Waals surface area (Å²) in [6, 6.07) is 7.43. The fourth-order valence-corrected chi connectivity index (χ4v) is 3.71. The zero-order chi connectivity index (χ0) is 17.6. The molecule has 3 heterocycles. The second kappa shape index (κ2) is 5.95. The monoisotopic (exact) mass is 340 g/mol. The van der Waals surface area contributed by atoms with Gasteiger partial charge in [-0.2, -0.15) is 0 Å². The van der Waals surface area contributed by atoms with E-state index in [2.05, 4.69) is 0 Å². The van der Waals surface area contributed by atoms with Gasteiger partial charge in [-0.25, -0.2) is 4.79 Å². The Morgan fingerprint density at radius 1 is 1.20 bits per heavy atom. The standard InChI is InChI=1S/C19H20N2O4/c1-12-10-13(2)17-15(11-12)21(19(23)25-17)14-5-7-20(8-6-14)18(22)16-4-3-9-24-16/h3-4,9-11,14H,5-8H2,1-2H3. The lowest BCUT2D eigenvalue weighted by Crippen LogP contribution is -2.40. The van der Waals surface area contributed by atoms with Crippen LogP contribution in [-0.2, 0) is 0 Å². The summed E-state index contributed by atoms with van der Waals surface area (Å²) in [5.74, 6) is -0.0605. The lowest BCUT2D eigenvalue weighted by atomic mass is 10.0. The van der Waals surface area contributed by atoms with Crippen molar-refractivity contribution in [3.05, 3.63) is 58.0 Å². The van der Waals surface area contributed by atoms with E-state index < -0.39 is 0 Å². The number of amides is 1. The van der Waals surface area contributed by atoms with Gasteiger partial charge in [0.25, 0.3) is 5.91 Å². The zero-order valence-corrected chi connectivity index (χ0v) is 14.3. The highest BCUT2D eigenvalue weighted by Crippen LogP contribution is 2.28. The molecule has 6 nitrogen and oxygen atoms in total. The van der Waals surface area contributed by atoms with Crippen molar-refractivity contribution >= 4 is 17.0 Å². The molecule has 0 atom stereocenters. The zero-order valence-electron chi connectivity index (χ0n) is 14.3. The van der Waals surface area contributed by atoms with Crippen LogP contribution in [0, 0.1) is 13.8 Å². The Balaban J connectivity index is 1.59. The van der Waals surface area contributed by atoms with Gasteiger partial charge in [0.2, 0.25) is 0 Å². The number of piperidine rings is 1. The van der Waals surface area contributed by atoms with E-state index in [1.54, 1.807) is 21.6 Å². The number of carbonyl (C=O) groups is 1. The topological polar surface area (TPSA) is 68.6 Å². The van der Waals surface area contributed by atoms with Gasteiger partial charge in [0.15, 0.2) is 11.3 Å². The molecule has 0 radical (unpaired) electrons. The van der Waals surface area contributed by atoms with Gasteiger partial charge in [0, 0.05) is 19.1 Å². The summed E-state index contributed by atoms with van der Waals surface area (Å²) in [7, 11) is 0. The Labute approximate surface area is 144 Å². The van der Waals surface area contributed by atoms with Crippen LogP contribution in [0.5, 0.6) is 0 Å². The minimum atomic E-state index is -0.320. The molecule has 130 valence electrons. The summed E-state index contributed by atoms with van der Waals surface area (Å²) in [6.07, 6.45) is 2.93. The number of hydrogen-bond acceptors (Lipinski definition) is 4. The highest BCUT2D eigenvalue weighted by molar-refractivity contribution is 5.91. The van der Waals surface area contributed by atoms with Crippen molar-refractivity contribution < 1.29 is 13.6 Å². The van der Waals surface area contributed by atoms with Crippen LogP contribution in [0.15, 0.2) is 44.2 Å². The van der Waals surface area contributed by atoms with Gasteiger partial charge in [0.1, 0.15) is 0 Å². The van der Waals surface area contributed by atoms with Crippen LogP contribution in [0.4, 0.5) is 0 Å². The van der Waals surface area contributed by atoms with E-state index >= 15 is 0 Å². The minimum absolute atomic E-state index is 0.0376. The molecule has 0 spiro atoms. The van der Waals surface area contributed by atoms with Gasteiger partial charge in [-0.05, 0) is 56.0 Å². The molecular weight excluding hydrogens is 320 g/mol. The Morgan fingerprint density at radius 2 is 1.96 bits per heavy atom. The molecule has 1 aromatic carbocycles. The molecule has 1 aliphatic heterocycles. The van der Waals surface area contributed by atoms with Crippen LogP contribution >= 0.6 is 0 Å². The highest BCUT2D eigenvalue weighted by atomic mass is 16.4. The normalized spacial score (nSPS) is 15.8. The Hall–Kier alpha value is -2.76. The van der Waals surface area contributed by atoms with Crippen molar-refractivity contribution in [2.45, 2.75) is 32.7 Å². The van der Waals surface area contributed by atoms with Crippen LogP contribution in [0.1, 0.15) is 40.6 Å². The summed E-state index contributed by atoms with van der Waals surface area (Å²) >= 11 is 0. The van der Waals surface area contributed by atoms with E-state index in [9.17, 15) is 9.59 Å². The molecule has 4 rings (SSSR count). The summed E-state index contributed by atoms with van der Waals surface area (Å²) < 4.78 is 12.4. The van der Waals surface area contributed by atoms with Crippen LogP contribution in [0.25, 0.3) is 11.1 Å². The average Bonchev–Trinajstić information content (AvgIpc) is 3.22. The number of oxazole rings is 1. The smallest absolute Gasteiger partial charge is 0.420 e. The average molecular weight is 340 g/mol. The largest absolute Gasteiger partial charge is 0.459 e. The van der Waals surface area contributed by atoms with Gasteiger partial charge in [0.05, 0.1) is 11.8 Å². The summed E-state index contributed by atoms with van der Waals surface area (Å²) in [5.41, 5.74) is 3.57. The number of carbonyl (C=O) groups excluding carboxylic acids is 1. The third kappa shape index (κ3) is 2.67. The van der Waals surface area contributed by atoms with Crippen molar-refractivity contribution in [1.29, 1.82) is 0 Å². The number of likely N-dealkylation sites (tertiary alicyclic amines) is 1. The molecule has 0 N–H and O–H groups in total. The first kappa shape index (κ1) is 15.7. The van der Waals surface area contributed by atoms with E-state index in [4.69, 9.17) is 8.83 Å². The van der Waals surface area contributed by atoms with Crippen LogP contribution in [-0.4, -0.2) is 28.5 Å². The molecule has 1 amide bonds. The number of furan rings is 1. The molecule has 25 heavy (non-hydrogen) atoms. The first-order valence-corrected chi connectivity index (χ1v) is 8.49. The Morgan fingerprint density at radius 3 is 2.64 bits per heavy atom. The van der Waals surface area contributed by atoms with Gasteiger partial charge >= 0.3 is 5.76 Å². The van der Waals surface area contributed by atoms with Gasteiger partial charge in [-0.3, -0.25) is 9.36 Å². The first-order valence-electron chi connectivity index (χ1n) is 8.49. The first-order chi connectivity index (χ1) is 12.0. The molecular formula is C19H20N2O4. The SMILES string of the molecule is Cc1cc(C)c2oc(=O)n(C3CCN(C(=O)c4ccco4)CC3)c2c1. The second-order valence-corrected chi connectivity index (χ2v) is 6.67. The number of hydrogen-bond donors (Lipinski definition) is 0. The predicted octanol–water partition coefficient (Wildman–Crippen LogP) is 3.28. The van der Waals surface area contributed by atoms with E-state index in [0.29, 0.717) is 37.3 Å². The molecule has 3 aromatic rings. The summed E-state index contributed by atoms with van der Waals surface area (Å²) in [5, 5.41) is 0. The van der Waals surface area contributed by atoms with Crippen LogP contribution in [0.2, 0.25) is 0 Å². The number of rotatable bonds is 2. The van der Waals surface area contributed by atoms with Gasteiger partial charge < -0.3 is 13.7 Å². The lowest BCUT2D eigenvalue weighted by Gasteiger charge is -2.31. The quantitative estimate of drug-likeness (QED) is 0.718. The third-order valence-corrected chi connectivity index (χ3v) is 4.89. The third-order valence-electron chi connectivity index (χ3n) is 4.89. The maximum atomic E-state index is 12.4. The summed E-state index contributed by atoms with van der Waals surface area (Å²) in [4.78, 5) is 26.5. The molecule has 2 aromatic heterocycles. The number of benzene rings is 1. The van der Waals surface area contributed by atoms with Crippen molar-refractivity contribution in [2.75, 3.05) is 13.1 Å². The van der Waals surface area contributed by atoms with Crippen molar-refractivity contribution in [3.8, 4) is 0 Å². The Kier molecular flexibility index (Phi) is 3.75. The van der Waals surface area contributed by atoms with Crippen molar-refractivity contribution in [3.63, 3.8) is 0 Å². The predicted molar refractivity (Wildman–Crippen MR) is 92.8 cm³/mol. The lowest BCUT2D eigenvalue weighted by molar-refractivity contribution is 0.0662. The molecule has 1 saturated heterocycles. The van der Waals surface area contributed by atoms with Gasteiger partial charge in [-0.15, -0.1) is 0 Å². The number of fused-ring (bicyclic) bond motifs is 1. The summed E-state index contributed by atoms with van der Waals surface area (Å²) in [6.45, 7) is 5.15. The molecule has 0 saturated carbocycles. The molecule has 1 fully saturated rings. The van der Waals surface area contributed by atoms with E-state index in [1.807, 2.05) is 26.0 Å². The molecule has 0 bridgehead atoms. The van der Waals surface area contributed by atoms with Crippen molar-refractivity contribution in [2.24, 2.45) is 0 Å². The molecule has 6 heteroatoms. The fourth-order valence-electron chi connectivity index (χ4n) is 3.71. The molecule has 1 aliphatic rings. The highest BCUT2D eigenvalue weighted by Gasteiger charge is 2.28. The van der Waals surface area contributed by atoms with Crippen LogP contribution < -0.4 is 5.76 Å². The van der Waals surface area contributed by atoms with Crippen molar-refractivity contribution in [1.82, 2.24) is 9.47 Å². The number of nitrogens with zero attached hydrogens (tertiary/aromatic N) is 2. The molecule has 0 aliphatic carbocycles. The maximum absolute atomic E-state index is 12.4. The minimum Gasteiger partial charge on any atom is -0.459 e. The number of aromatic nitrogens is 1. The molecule has 0 unspecified atom stereocenters. The Bertz CT molecular complexity index is 973. The second-order valence-electron chi connectivity index (χ2n) is 6.67.